The summed E-state index contributed by atoms with van der Waals surface area (Å²) in [6.07, 6.45) is 0.0339. The predicted octanol–water partition coefficient (Wildman–Crippen LogP) is 3.48. The van der Waals surface area contributed by atoms with Crippen molar-refractivity contribution < 1.29 is 14.3 Å². The number of carbonyl (C=O) groups excluding carboxylic acids is 1. The van der Waals surface area contributed by atoms with Crippen molar-refractivity contribution in [3.63, 3.8) is 0 Å². The molecule has 1 heterocycles. The van der Waals surface area contributed by atoms with Crippen molar-refractivity contribution in [3.05, 3.63) is 53.6 Å². The van der Waals surface area contributed by atoms with E-state index < -0.39 is 0 Å². The molecule has 1 N–H and O–H groups in total. The molecule has 6 nitrogen and oxygen atoms in total. The van der Waals surface area contributed by atoms with E-state index in [1.807, 2.05) is 32.0 Å². The number of rotatable bonds is 7. The zero-order chi connectivity index (χ0) is 20.8. The van der Waals surface area contributed by atoms with Gasteiger partial charge in [-0.1, -0.05) is 12.1 Å². The normalized spacial score (nSPS) is 15.3. The second-order valence-corrected chi connectivity index (χ2v) is 7.77. The molecule has 0 radical (unpaired) electrons. The van der Waals surface area contributed by atoms with E-state index in [4.69, 9.17) is 9.47 Å². The lowest BCUT2D eigenvalue weighted by Gasteiger charge is -2.32. The van der Waals surface area contributed by atoms with Gasteiger partial charge in [-0.3, -0.25) is 9.69 Å². The Kier molecular flexibility index (Phi) is 7.12. The summed E-state index contributed by atoms with van der Waals surface area (Å²) in [5.74, 6) is 1.01. The van der Waals surface area contributed by atoms with Crippen LogP contribution >= 0.6 is 0 Å². The summed E-state index contributed by atoms with van der Waals surface area (Å²) in [6, 6.07) is 13.3. The van der Waals surface area contributed by atoms with Crippen LogP contribution in [0.1, 0.15) is 29.8 Å². The van der Waals surface area contributed by atoms with E-state index in [0.29, 0.717) is 17.1 Å². The van der Waals surface area contributed by atoms with Crippen LogP contribution in [0, 0.1) is 0 Å². The molecule has 1 fully saturated rings. The van der Waals surface area contributed by atoms with Crippen molar-refractivity contribution in [2.24, 2.45) is 0 Å². The van der Waals surface area contributed by atoms with E-state index in [1.165, 1.54) is 5.56 Å². The van der Waals surface area contributed by atoms with E-state index in [1.54, 1.807) is 25.3 Å². The molecule has 29 heavy (non-hydrogen) atoms. The van der Waals surface area contributed by atoms with Crippen LogP contribution in [0.25, 0.3) is 0 Å². The third kappa shape index (κ3) is 5.95. The summed E-state index contributed by atoms with van der Waals surface area (Å²) in [5.41, 5.74) is 2.52. The Balaban J connectivity index is 1.66. The van der Waals surface area contributed by atoms with E-state index in [0.717, 1.165) is 38.4 Å². The van der Waals surface area contributed by atoms with Gasteiger partial charge in [0.05, 0.1) is 13.2 Å². The lowest BCUT2D eigenvalue weighted by atomic mass is 10.1. The number of amides is 1. The highest BCUT2D eigenvalue weighted by atomic mass is 16.5. The van der Waals surface area contributed by atoms with Crippen LogP contribution in [0.15, 0.2) is 42.5 Å². The molecule has 0 aromatic heterocycles. The van der Waals surface area contributed by atoms with Crippen molar-refractivity contribution in [1.29, 1.82) is 0 Å². The van der Waals surface area contributed by atoms with Crippen molar-refractivity contribution in [1.82, 2.24) is 9.80 Å². The molecule has 0 bridgehead atoms. The van der Waals surface area contributed by atoms with Crippen LogP contribution in [0.3, 0.4) is 0 Å². The van der Waals surface area contributed by atoms with Crippen LogP contribution in [-0.4, -0.2) is 62.1 Å². The molecule has 1 saturated heterocycles. The number of methoxy groups -OCH3 is 1. The molecule has 2 aromatic rings. The highest BCUT2D eigenvalue weighted by molar-refractivity contribution is 6.04. The highest BCUT2D eigenvalue weighted by Gasteiger charge is 2.15. The molecule has 0 spiro atoms. The van der Waals surface area contributed by atoms with Gasteiger partial charge >= 0.3 is 0 Å². The number of ether oxygens (including phenoxy) is 2. The van der Waals surface area contributed by atoms with Crippen LogP contribution in [0.5, 0.6) is 11.5 Å². The lowest BCUT2D eigenvalue weighted by Crippen LogP contribution is -2.43. The minimum atomic E-state index is -0.170. The number of anilines is 1. The summed E-state index contributed by atoms with van der Waals surface area (Å²) >= 11 is 0. The van der Waals surface area contributed by atoms with E-state index in [9.17, 15) is 4.79 Å². The minimum Gasteiger partial charge on any atom is -0.493 e. The Hall–Kier alpha value is -2.57. The summed E-state index contributed by atoms with van der Waals surface area (Å²) in [7, 11) is 3.73. The first kappa shape index (κ1) is 21.1. The zero-order valence-electron chi connectivity index (χ0n) is 17.8. The molecule has 2 aromatic carbocycles. The zero-order valence-corrected chi connectivity index (χ0v) is 17.8. The van der Waals surface area contributed by atoms with Crippen LogP contribution in [0.2, 0.25) is 0 Å². The van der Waals surface area contributed by atoms with E-state index in [-0.39, 0.29) is 12.0 Å². The van der Waals surface area contributed by atoms with Crippen LogP contribution < -0.4 is 14.8 Å². The molecule has 1 amide bonds. The largest absolute Gasteiger partial charge is 0.493 e. The quantitative estimate of drug-likeness (QED) is 0.775. The van der Waals surface area contributed by atoms with Gasteiger partial charge in [-0.2, -0.15) is 0 Å². The summed E-state index contributed by atoms with van der Waals surface area (Å²) in [5, 5.41) is 2.99. The molecule has 3 rings (SSSR count). The number of carbonyl (C=O) groups is 1. The average Bonchev–Trinajstić information content (AvgIpc) is 2.70. The van der Waals surface area contributed by atoms with Gasteiger partial charge in [0.15, 0.2) is 11.5 Å². The number of hydrogen-bond acceptors (Lipinski definition) is 5. The standard InChI is InChI=1S/C23H31N3O3/c1-17(2)29-21-9-8-19(15-22(21)28-4)23(27)24-20-7-5-6-18(14-20)16-26-12-10-25(3)11-13-26/h5-9,14-15,17H,10-13,16H2,1-4H3,(H,24,27). The molecule has 1 aliphatic heterocycles. The summed E-state index contributed by atoms with van der Waals surface area (Å²) in [6.45, 7) is 9.12. The number of hydrogen-bond donors (Lipinski definition) is 1. The Morgan fingerprint density at radius 3 is 2.52 bits per heavy atom. The van der Waals surface area contributed by atoms with E-state index in [2.05, 4.69) is 28.2 Å². The van der Waals surface area contributed by atoms with Crippen molar-refractivity contribution >= 4 is 11.6 Å². The molecular formula is C23H31N3O3. The third-order valence-corrected chi connectivity index (χ3v) is 4.98. The van der Waals surface area contributed by atoms with Gasteiger partial charge in [0, 0.05) is 44.0 Å². The number of nitrogens with one attached hydrogen (secondary N) is 1. The maximum atomic E-state index is 12.7. The van der Waals surface area contributed by atoms with Gasteiger partial charge in [-0.05, 0) is 56.8 Å². The Labute approximate surface area is 173 Å². The predicted molar refractivity (Wildman–Crippen MR) is 116 cm³/mol. The second-order valence-electron chi connectivity index (χ2n) is 7.77. The fraction of sp³-hybridized carbons (Fsp3) is 0.435. The van der Waals surface area contributed by atoms with Gasteiger partial charge in [0.2, 0.25) is 0 Å². The Morgan fingerprint density at radius 1 is 1.07 bits per heavy atom. The summed E-state index contributed by atoms with van der Waals surface area (Å²) in [4.78, 5) is 17.5. The topological polar surface area (TPSA) is 54.0 Å². The highest BCUT2D eigenvalue weighted by Crippen LogP contribution is 2.29. The smallest absolute Gasteiger partial charge is 0.255 e. The van der Waals surface area contributed by atoms with Gasteiger partial charge in [0.25, 0.3) is 5.91 Å². The molecular weight excluding hydrogens is 366 g/mol. The first-order valence-corrected chi connectivity index (χ1v) is 10.1. The maximum Gasteiger partial charge on any atom is 0.255 e. The number of piperazine rings is 1. The van der Waals surface area contributed by atoms with Gasteiger partial charge < -0.3 is 19.7 Å². The number of nitrogens with zero attached hydrogens (tertiary/aromatic N) is 2. The van der Waals surface area contributed by atoms with Gasteiger partial charge in [-0.25, -0.2) is 0 Å². The summed E-state index contributed by atoms with van der Waals surface area (Å²) < 4.78 is 11.1. The monoisotopic (exact) mass is 397 g/mol. The molecule has 0 saturated carbocycles. The molecule has 0 aliphatic carbocycles. The first-order chi connectivity index (χ1) is 13.9. The molecule has 6 heteroatoms. The number of benzene rings is 2. The van der Waals surface area contributed by atoms with Crippen molar-refractivity contribution in [2.75, 3.05) is 45.7 Å². The minimum absolute atomic E-state index is 0.0339. The molecule has 0 atom stereocenters. The first-order valence-electron chi connectivity index (χ1n) is 10.1. The van der Waals surface area contributed by atoms with Crippen molar-refractivity contribution in [2.45, 2.75) is 26.5 Å². The average molecular weight is 398 g/mol. The maximum absolute atomic E-state index is 12.7. The molecule has 156 valence electrons. The van der Waals surface area contributed by atoms with Crippen molar-refractivity contribution in [3.8, 4) is 11.5 Å². The third-order valence-electron chi connectivity index (χ3n) is 4.98. The second kappa shape index (κ2) is 9.76. The fourth-order valence-corrected chi connectivity index (χ4v) is 3.38. The van der Waals surface area contributed by atoms with Crippen LogP contribution in [0.4, 0.5) is 5.69 Å². The van der Waals surface area contributed by atoms with E-state index >= 15 is 0 Å². The Morgan fingerprint density at radius 2 is 1.83 bits per heavy atom. The van der Waals surface area contributed by atoms with Gasteiger partial charge in [0.1, 0.15) is 0 Å². The van der Waals surface area contributed by atoms with Crippen LogP contribution in [-0.2, 0) is 6.54 Å². The SMILES string of the molecule is COc1cc(C(=O)Nc2cccc(CN3CCN(C)CC3)c2)ccc1OC(C)C. The van der Waals surface area contributed by atoms with Gasteiger partial charge in [-0.15, -0.1) is 0 Å². The molecule has 1 aliphatic rings. The number of likely N-dealkylation sites (N-methyl/N-ethyl adjacent to an activating group) is 1. The fourth-order valence-electron chi connectivity index (χ4n) is 3.38. The Bertz CT molecular complexity index is 830. The molecule has 0 unspecified atom stereocenters. The lowest BCUT2D eigenvalue weighted by molar-refractivity contribution is 0.102.